The molecule has 0 saturated carbocycles. The molecule has 9 heteroatoms. The Morgan fingerprint density at radius 1 is 1.42 bits per heavy atom. The van der Waals surface area contributed by atoms with Crippen LogP contribution in [0.4, 0.5) is 13.2 Å². The summed E-state index contributed by atoms with van der Waals surface area (Å²) in [5.74, 6) is -2.12. The van der Waals surface area contributed by atoms with E-state index < -0.39 is 34.0 Å². The van der Waals surface area contributed by atoms with Crippen LogP contribution in [0, 0.1) is 4.78 Å². The third-order valence-electron chi connectivity index (χ3n) is 3.53. The zero-order valence-electron chi connectivity index (χ0n) is 14.5. The molecular weight excluding hydrogens is 367 g/mol. The van der Waals surface area contributed by atoms with Gasteiger partial charge in [0.2, 0.25) is 0 Å². The van der Waals surface area contributed by atoms with Crippen molar-refractivity contribution in [2.45, 2.75) is 25.2 Å². The first-order valence-corrected chi connectivity index (χ1v) is 9.39. The minimum Gasteiger partial charge on any atom is -0.316 e. The summed E-state index contributed by atoms with van der Waals surface area (Å²) in [5, 5.41) is 0. The second-order valence-electron chi connectivity index (χ2n) is 5.27. The van der Waals surface area contributed by atoms with Crippen LogP contribution in [0.1, 0.15) is 26.0 Å². The van der Waals surface area contributed by atoms with Gasteiger partial charge in [0.15, 0.2) is 5.83 Å². The zero-order chi connectivity index (χ0) is 19.9. The maximum atomic E-state index is 12.9. The molecule has 0 aliphatic rings. The Morgan fingerprint density at radius 3 is 2.62 bits per heavy atom. The lowest BCUT2D eigenvalue weighted by Gasteiger charge is -2.16. The molecule has 0 saturated heterocycles. The topological polar surface area (TPSA) is 74.1 Å². The number of rotatable bonds is 8. The first-order valence-electron chi connectivity index (χ1n) is 7.67. The molecule has 1 amide bonds. The van der Waals surface area contributed by atoms with Gasteiger partial charge in [0.1, 0.15) is 0 Å². The molecule has 0 aliphatic heterocycles. The Hall–Kier alpha value is -2.42. The third kappa shape index (κ3) is 5.55. The molecule has 1 heterocycles. The van der Waals surface area contributed by atoms with Crippen molar-refractivity contribution >= 4 is 21.2 Å². The van der Waals surface area contributed by atoms with Crippen LogP contribution in [-0.4, -0.2) is 32.3 Å². The van der Waals surface area contributed by atoms with Crippen molar-refractivity contribution in [3.8, 4) is 0 Å². The van der Waals surface area contributed by atoms with E-state index in [1.54, 1.807) is 19.9 Å². The molecule has 142 valence electrons. The fraction of sp³-hybridized carbons (Fsp3) is 0.294. The fourth-order valence-corrected chi connectivity index (χ4v) is 3.18. The van der Waals surface area contributed by atoms with E-state index in [9.17, 15) is 22.2 Å². The van der Waals surface area contributed by atoms with Crippen molar-refractivity contribution in [2.75, 3.05) is 12.3 Å². The van der Waals surface area contributed by atoms with Gasteiger partial charge < -0.3 is 4.90 Å². The van der Waals surface area contributed by atoms with E-state index >= 15 is 0 Å². The highest BCUT2D eigenvalue weighted by Crippen LogP contribution is 2.23. The number of carbonyl (C=O) groups is 1. The van der Waals surface area contributed by atoms with Gasteiger partial charge in [-0.3, -0.25) is 9.78 Å². The van der Waals surface area contributed by atoms with Crippen LogP contribution in [0.5, 0.6) is 0 Å². The standard InChI is InChI=1S/C17H20F3N3O2S/c1-4-23(10-8-13(18)17(19)20)15(24)11-12(3)16-14(7-6-9-22-16)26(21,25)5-2/h4,6-7,9,11,21H,1,5,8,10H2,2-3H3/b12-11+. The van der Waals surface area contributed by atoms with Gasteiger partial charge in [0.25, 0.3) is 5.91 Å². The molecule has 1 N–H and O–H groups in total. The minimum atomic E-state index is -3.05. The molecule has 1 rings (SSSR count). The van der Waals surface area contributed by atoms with Gasteiger partial charge in [-0.05, 0) is 30.8 Å². The van der Waals surface area contributed by atoms with Gasteiger partial charge in [-0.15, -0.1) is 0 Å². The highest BCUT2D eigenvalue weighted by molar-refractivity contribution is 7.92. The molecule has 0 fully saturated rings. The average molecular weight is 387 g/mol. The minimum absolute atomic E-state index is 0.0894. The predicted octanol–water partition coefficient (Wildman–Crippen LogP) is 4.35. The molecular formula is C17H20F3N3O2S. The van der Waals surface area contributed by atoms with Gasteiger partial charge >= 0.3 is 6.08 Å². The van der Waals surface area contributed by atoms with Gasteiger partial charge in [0.05, 0.1) is 20.3 Å². The Morgan fingerprint density at radius 2 is 2.08 bits per heavy atom. The fourth-order valence-electron chi connectivity index (χ4n) is 2.05. The van der Waals surface area contributed by atoms with E-state index in [-0.39, 0.29) is 22.9 Å². The monoisotopic (exact) mass is 387 g/mol. The predicted molar refractivity (Wildman–Crippen MR) is 94.4 cm³/mol. The summed E-state index contributed by atoms with van der Waals surface area (Å²) < 4.78 is 57.5. The smallest absolute Gasteiger partial charge is 0.301 e. The van der Waals surface area contributed by atoms with Crippen LogP contribution in [0.3, 0.4) is 0 Å². The number of amides is 1. The number of allylic oxidation sites excluding steroid dienone is 1. The number of hydrogen-bond donors (Lipinski definition) is 1. The van der Waals surface area contributed by atoms with Gasteiger partial charge in [0, 0.05) is 31.0 Å². The average Bonchev–Trinajstić information content (AvgIpc) is 2.61. The third-order valence-corrected chi connectivity index (χ3v) is 5.38. The van der Waals surface area contributed by atoms with Crippen molar-refractivity contribution in [3.05, 3.63) is 54.8 Å². The molecule has 0 spiro atoms. The maximum absolute atomic E-state index is 12.9. The van der Waals surface area contributed by atoms with Crippen LogP contribution in [-0.2, 0) is 14.5 Å². The Bertz CT molecular complexity index is 845. The summed E-state index contributed by atoms with van der Waals surface area (Å²) in [6.45, 7) is 6.27. The highest BCUT2D eigenvalue weighted by Gasteiger charge is 2.17. The second kappa shape index (κ2) is 9.33. The quantitative estimate of drug-likeness (QED) is 0.674. The first kappa shape index (κ1) is 21.6. The van der Waals surface area contributed by atoms with Crippen LogP contribution >= 0.6 is 0 Å². The highest BCUT2D eigenvalue weighted by atomic mass is 32.2. The molecule has 0 bridgehead atoms. The lowest BCUT2D eigenvalue weighted by atomic mass is 10.1. The summed E-state index contributed by atoms with van der Waals surface area (Å²) in [5.41, 5.74) is 0.589. The largest absolute Gasteiger partial charge is 0.316 e. The van der Waals surface area contributed by atoms with Crippen molar-refractivity contribution in [1.29, 1.82) is 4.78 Å². The summed E-state index contributed by atoms with van der Waals surface area (Å²) in [7, 11) is -3.05. The SMILES string of the molecule is C=CN(CCC(F)=C(F)F)C(=O)/C=C(\C)c1ncccc1S(=N)(=O)CC. The number of halogens is 3. The molecule has 5 nitrogen and oxygen atoms in total. The number of hydrogen-bond acceptors (Lipinski definition) is 4. The Labute approximate surface area is 150 Å². The van der Waals surface area contributed by atoms with E-state index in [0.29, 0.717) is 5.57 Å². The second-order valence-corrected chi connectivity index (χ2v) is 7.64. The van der Waals surface area contributed by atoms with Crippen molar-refractivity contribution < 1.29 is 22.2 Å². The molecule has 1 atom stereocenters. The maximum Gasteiger partial charge on any atom is 0.301 e. The number of nitrogens with one attached hydrogen (secondary N) is 1. The normalized spacial score (nSPS) is 13.7. The lowest BCUT2D eigenvalue weighted by Crippen LogP contribution is -2.25. The molecule has 0 aliphatic carbocycles. The van der Waals surface area contributed by atoms with Crippen molar-refractivity contribution in [2.24, 2.45) is 0 Å². The number of pyridine rings is 1. The summed E-state index contributed by atoms with van der Waals surface area (Å²) in [6.07, 6.45) is 0.649. The van der Waals surface area contributed by atoms with Crippen LogP contribution < -0.4 is 0 Å². The van der Waals surface area contributed by atoms with Gasteiger partial charge in [-0.25, -0.2) is 13.4 Å². The van der Waals surface area contributed by atoms with Crippen molar-refractivity contribution in [1.82, 2.24) is 9.88 Å². The van der Waals surface area contributed by atoms with Crippen LogP contribution in [0.25, 0.3) is 5.57 Å². The summed E-state index contributed by atoms with van der Waals surface area (Å²) in [6, 6.07) is 3.06. The Balaban J connectivity index is 3.11. The van der Waals surface area contributed by atoms with Crippen molar-refractivity contribution in [3.63, 3.8) is 0 Å². The molecule has 1 unspecified atom stereocenters. The zero-order valence-corrected chi connectivity index (χ0v) is 15.3. The summed E-state index contributed by atoms with van der Waals surface area (Å²) in [4.78, 5) is 17.6. The van der Waals surface area contributed by atoms with Crippen LogP contribution in [0.2, 0.25) is 0 Å². The van der Waals surface area contributed by atoms with E-state index in [4.69, 9.17) is 4.78 Å². The molecule has 1 aromatic heterocycles. The molecule has 1 aromatic rings. The number of nitrogens with zero attached hydrogens (tertiary/aromatic N) is 2. The van der Waals surface area contributed by atoms with Gasteiger partial charge in [-0.2, -0.15) is 8.78 Å². The molecule has 0 radical (unpaired) electrons. The summed E-state index contributed by atoms with van der Waals surface area (Å²) >= 11 is 0. The van der Waals surface area contributed by atoms with E-state index in [1.807, 2.05) is 0 Å². The number of aromatic nitrogens is 1. The number of carbonyl (C=O) groups excluding carboxylic acids is 1. The van der Waals surface area contributed by atoms with E-state index in [1.165, 1.54) is 12.3 Å². The van der Waals surface area contributed by atoms with Crippen LogP contribution in [0.15, 0.2) is 54.0 Å². The first-order chi connectivity index (χ1) is 12.1. The van der Waals surface area contributed by atoms with E-state index in [0.717, 1.165) is 17.2 Å². The Kier molecular flexibility index (Phi) is 7.76. The van der Waals surface area contributed by atoms with Gasteiger partial charge in [-0.1, -0.05) is 13.5 Å². The molecule has 26 heavy (non-hydrogen) atoms. The van der Waals surface area contributed by atoms with E-state index in [2.05, 4.69) is 11.6 Å². The lowest BCUT2D eigenvalue weighted by molar-refractivity contribution is -0.123. The molecule has 0 aromatic carbocycles.